The van der Waals surface area contributed by atoms with Crippen molar-refractivity contribution < 1.29 is 45.2 Å². The monoisotopic (exact) mass is 298 g/mol. The molecule has 0 fully saturated rings. The topological polar surface area (TPSA) is 80.3 Å². The van der Waals surface area contributed by atoms with Crippen LogP contribution in [0.2, 0.25) is 0 Å². The van der Waals surface area contributed by atoms with E-state index in [0.717, 1.165) is 0 Å². The Morgan fingerprint density at radius 3 is 1.17 bits per heavy atom. The standard InChI is InChI=1S/Hg.H2O4S/c;1-5(2,3)4/h;(H2,1,2,3,4)/q+1;/p-2. The predicted octanol–water partition coefficient (Wildman–Crippen LogP) is -1.34. The molecule has 0 aliphatic rings. The van der Waals surface area contributed by atoms with Gasteiger partial charge in [-0.15, -0.1) is 0 Å². The van der Waals surface area contributed by atoms with E-state index in [2.05, 4.69) is 0 Å². The van der Waals surface area contributed by atoms with Crippen molar-refractivity contribution in [3.05, 3.63) is 0 Å². The van der Waals surface area contributed by atoms with Crippen LogP contribution >= 0.6 is 0 Å². The molecule has 0 aliphatic heterocycles. The van der Waals surface area contributed by atoms with Gasteiger partial charge in [0, 0.05) is 10.4 Å². The Balaban J connectivity index is 0. The molecular formula is HgO4S-. The van der Waals surface area contributed by atoms with Gasteiger partial charge < -0.3 is 9.11 Å². The van der Waals surface area contributed by atoms with E-state index in [1.165, 1.54) is 0 Å². The summed E-state index contributed by atoms with van der Waals surface area (Å²) in [6, 6.07) is 0. The third-order valence-electron chi connectivity index (χ3n) is 0. The molecule has 0 aromatic heterocycles. The van der Waals surface area contributed by atoms with Crippen LogP contribution in [0.5, 0.6) is 0 Å². The summed E-state index contributed by atoms with van der Waals surface area (Å²) in [5.74, 6) is 0. The van der Waals surface area contributed by atoms with Gasteiger partial charge in [-0.1, -0.05) is 0 Å². The summed E-state index contributed by atoms with van der Waals surface area (Å²) in [6.07, 6.45) is 0. The molecule has 0 saturated heterocycles. The molecule has 0 aromatic carbocycles. The Kier molecular flexibility index (Phi) is 4.79. The van der Waals surface area contributed by atoms with Gasteiger partial charge in [0.25, 0.3) is 0 Å². The molecule has 0 unspecified atom stereocenters. The predicted molar refractivity (Wildman–Crippen MR) is 10.5 cm³/mol. The maximum absolute atomic E-state index is 8.52. The van der Waals surface area contributed by atoms with Crippen LogP contribution in [-0.2, 0) is 38.1 Å². The second kappa shape index (κ2) is 2.89. The normalized spacial score (nSPS) is 9.67. The van der Waals surface area contributed by atoms with Crippen molar-refractivity contribution in [3.8, 4) is 0 Å². The van der Waals surface area contributed by atoms with Crippen molar-refractivity contribution in [2.75, 3.05) is 0 Å². The first-order chi connectivity index (χ1) is 2.00. The molecule has 4 nitrogen and oxygen atoms in total. The van der Waals surface area contributed by atoms with E-state index in [4.69, 9.17) is 17.5 Å². The molecule has 0 atom stereocenters. The molecule has 0 aliphatic carbocycles. The fourth-order valence-electron chi connectivity index (χ4n) is 0. The minimum absolute atomic E-state index is 0. The Morgan fingerprint density at radius 1 is 1.17 bits per heavy atom. The summed E-state index contributed by atoms with van der Waals surface area (Å²) in [6.45, 7) is 0. The van der Waals surface area contributed by atoms with Crippen molar-refractivity contribution in [1.29, 1.82) is 0 Å². The van der Waals surface area contributed by atoms with Crippen LogP contribution in [0.4, 0.5) is 0 Å². The minimum Gasteiger partial charge on any atom is -0.759 e. The quantitative estimate of drug-likeness (QED) is 0.315. The molecule has 6 heavy (non-hydrogen) atoms. The maximum Gasteiger partial charge on any atom is 1.00 e. The van der Waals surface area contributed by atoms with E-state index in [0.29, 0.717) is 0 Å². The van der Waals surface area contributed by atoms with Crippen LogP contribution in [0.3, 0.4) is 0 Å². The number of hydrogen-bond acceptors (Lipinski definition) is 4. The first-order valence-corrected chi connectivity index (χ1v) is 2.00. The molecule has 6 heteroatoms. The van der Waals surface area contributed by atoms with Crippen LogP contribution in [-0.4, -0.2) is 17.5 Å². The van der Waals surface area contributed by atoms with Gasteiger partial charge in [-0.25, -0.2) is 0 Å². The van der Waals surface area contributed by atoms with Crippen LogP contribution in [0, 0.1) is 0 Å². The molecule has 0 bridgehead atoms. The molecule has 0 spiro atoms. The van der Waals surface area contributed by atoms with Crippen LogP contribution in [0.15, 0.2) is 0 Å². The van der Waals surface area contributed by atoms with Gasteiger partial charge in [0.15, 0.2) is 0 Å². The van der Waals surface area contributed by atoms with E-state index < -0.39 is 10.4 Å². The van der Waals surface area contributed by atoms with Crippen molar-refractivity contribution in [1.82, 2.24) is 0 Å². The molecule has 0 aromatic rings. The van der Waals surface area contributed by atoms with Crippen molar-refractivity contribution in [3.63, 3.8) is 0 Å². The fraction of sp³-hybridized carbons (Fsp3) is 0. The third kappa shape index (κ3) is 107. The molecule has 0 saturated carbocycles. The first-order valence-electron chi connectivity index (χ1n) is 0.667. The second-order valence-electron chi connectivity index (χ2n) is 0.408. The minimum atomic E-state index is -5.17. The number of rotatable bonds is 0. The zero-order chi connectivity index (χ0) is 4.50. The summed E-state index contributed by atoms with van der Waals surface area (Å²) in [5.41, 5.74) is 0. The van der Waals surface area contributed by atoms with E-state index in [9.17, 15) is 0 Å². The van der Waals surface area contributed by atoms with Gasteiger partial charge in [0.1, 0.15) is 0 Å². The summed E-state index contributed by atoms with van der Waals surface area (Å²) >= 11 is 0. The Hall–Kier alpha value is 0.805. The molecule has 0 N–H and O–H groups in total. The SMILES string of the molecule is O=S(=O)([O-])[O-].[Hg+]. The maximum atomic E-state index is 8.52. The zero-order valence-electron chi connectivity index (χ0n) is 2.75. The van der Waals surface area contributed by atoms with Gasteiger partial charge in [-0.3, -0.25) is 8.42 Å². The summed E-state index contributed by atoms with van der Waals surface area (Å²) in [5, 5.41) is 0. The summed E-state index contributed by atoms with van der Waals surface area (Å²) in [4.78, 5) is 0. The van der Waals surface area contributed by atoms with E-state index >= 15 is 0 Å². The smallest absolute Gasteiger partial charge is 0.759 e. The zero-order valence-corrected chi connectivity index (χ0v) is 9.06. The second-order valence-corrected chi connectivity index (χ2v) is 1.22. The summed E-state index contributed by atoms with van der Waals surface area (Å²) in [7, 11) is -5.17. The largest absolute Gasteiger partial charge is 1.00 e. The Bertz CT molecular complexity index is 90.7. The third-order valence-corrected chi connectivity index (χ3v) is 0. The van der Waals surface area contributed by atoms with Crippen molar-refractivity contribution in [2.24, 2.45) is 0 Å². The van der Waals surface area contributed by atoms with Crippen molar-refractivity contribution in [2.45, 2.75) is 0 Å². The molecular weight excluding hydrogens is 297 g/mol. The van der Waals surface area contributed by atoms with E-state index in [1.54, 1.807) is 0 Å². The van der Waals surface area contributed by atoms with Crippen LogP contribution in [0.1, 0.15) is 0 Å². The van der Waals surface area contributed by atoms with Gasteiger partial charge in [0.05, 0.1) is 0 Å². The van der Waals surface area contributed by atoms with Crippen LogP contribution in [0.25, 0.3) is 0 Å². The van der Waals surface area contributed by atoms with Gasteiger partial charge >= 0.3 is 27.7 Å². The molecule has 0 rings (SSSR count). The average Bonchev–Trinajstić information content (AvgIpc) is 0.722. The molecule has 1 radical (unpaired) electrons. The number of hydrogen-bond donors (Lipinski definition) is 0. The Morgan fingerprint density at radius 2 is 1.17 bits per heavy atom. The van der Waals surface area contributed by atoms with E-state index in [-0.39, 0.29) is 27.7 Å². The average molecular weight is 297 g/mol. The molecule has 0 amide bonds. The van der Waals surface area contributed by atoms with Gasteiger partial charge in [-0.2, -0.15) is 0 Å². The Labute approximate surface area is 55.6 Å². The van der Waals surface area contributed by atoms with Crippen LogP contribution < -0.4 is 0 Å². The summed E-state index contributed by atoms with van der Waals surface area (Å²) < 4.78 is 34.1. The van der Waals surface area contributed by atoms with E-state index in [1.807, 2.05) is 0 Å². The first kappa shape index (κ1) is 9.93. The van der Waals surface area contributed by atoms with Crippen molar-refractivity contribution >= 4 is 10.4 Å². The van der Waals surface area contributed by atoms with Gasteiger partial charge in [0.2, 0.25) is 0 Å². The fourth-order valence-corrected chi connectivity index (χ4v) is 0. The molecule has 33 valence electrons. The van der Waals surface area contributed by atoms with Gasteiger partial charge in [-0.05, 0) is 0 Å². The molecule has 0 heterocycles.